The lowest BCUT2D eigenvalue weighted by molar-refractivity contribution is -0.122. The predicted molar refractivity (Wildman–Crippen MR) is 66.8 cm³/mol. The molecular formula is C12H17NO3S. The van der Waals surface area contributed by atoms with Crippen molar-refractivity contribution in [2.45, 2.75) is 26.5 Å². The molecule has 1 amide bonds. The molecule has 0 saturated heterocycles. The highest BCUT2D eigenvalue weighted by Gasteiger charge is 2.17. The molecule has 0 aliphatic carbocycles. The van der Waals surface area contributed by atoms with Gasteiger partial charge in [0.05, 0.1) is 5.75 Å². The first-order valence-corrected chi connectivity index (χ1v) is 7.05. The number of amides is 1. The summed E-state index contributed by atoms with van der Waals surface area (Å²) in [6, 6.07) is 7.21. The molecule has 0 heterocycles. The summed E-state index contributed by atoms with van der Waals surface area (Å²) in [5.41, 5.74) is 1.67. The first kappa shape index (κ1) is 13.7. The van der Waals surface area contributed by atoms with E-state index in [0.29, 0.717) is 5.56 Å². The number of hydrogen-bond acceptors (Lipinski definition) is 3. The number of nitrogens with one attached hydrogen (secondary N) is 1. The van der Waals surface area contributed by atoms with E-state index in [4.69, 9.17) is 0 Å². The molecule has 1 aromatic carbocycles. The number of sulfonamides is 1. The van der Waals surface area contributed by atoms with Crippen molar-refractivity contribution in [3.63, 3.8) is 0 Å². The third kappa shape index (κ3) is 4.56. The summed E-state index contributed by atoms with van der Waals surface area (Å²) in [7, 11) is -3.60. The number of aryl methyl sites for hydroxylation is 1. The van der Waals surface area contributed by atoms with Crippen molar-refractivity contribution < 1.29 is 13.2 Å². The average Bonchev–Trinajstić information content (AvgIpc) is 2.15. The van der Waals surface area contributed by atoms with Crippen molar-refractivity contribution in [2.75, 3.05) is 0 Å². The zero-order valence-corrected chi connectivity index (χ0v) is 11.0. The van der Waals surface area contributed by atoms with Crippen LogP contribution in [-0.2, 0) is 20.6 Å². The maximum atomic E-state index is 11.7. The van der Waals surface area contributed by atoms with E-state index < -0.39 is 15.9 Å². The van der Waals surface area contributed by atoms with Gasteiger partial charge in [0.2, 0.25) is 15.9 Å². The average molecular weight is 255 g/mol. The third-order valence-corrected chi connectivity index (χ3v) is 3.45. The molecule has 0 aromatic heterocycles. The Balaban J connectivity index is 2.77. The fourth-order valence-electron chi connectivity index (χ4n) is 1.33. The largest absolute Gasteiger partial charge is 0.274 e. The standard InChI is InChI=1S/C12H17NO3S/c1-9(2)12(14)13-17(15,16)8-11-6-4-5-10(3)7-11/h4-7,9H,8H2,1-3H3,(H,13,14). The molecule has 1 N–H and O–H groups in total. The Hall–Kier alpha value is -1.36. The van der Waals surface area contributed by atoms with Crippen LogP contribution in [0.4, 0.5) is 0 Å². The van der Waals surface area contributed by atoms with E-state index in [1.807, 2.05) is 13.0 Å². The zero-order valence-electron chi connectivity index (χ0n) is 10.2. The Morgan fingerprint density at radius 3 is 2.53 bits per heavy atom. The fraction of sp³-hybridized carbons (Fsp3) is 0.417. The normalized spacial score (nSPS) is 11.5. The highest BCUT2D eigenvalue weighted by atomic mass is 32.2. The van der Waals surface area contributed by atoms with Crippen LogP contribution in [0.25, 0.3) is 0 Å². The van der Waals surface area contributed by atoms with Crippen LogP contribution in [0.3, 0.4) is 0 Å². The molecule has 0 aliphatic heterocycles. The maximum Gasteiger partial charge on any atom is 0.239 e. The van der Waals surface area contributed by atoms with Crippen molar-refractivity contribution in [1.29, 1.82) is 0 Å². The molecule has 0 spiro atoms. The number of hydrogen-bond donors (Lipinski definition) is 1. The van der Waals surface area contributed by atoms with Crippen molar-refractivity contribution in [2.24, 2.45) is 5.92 Å². The first-order chi connectivity index (χ1) is 7.80. The molecule has 0 radical (unpaired) electrons. The minimum atomic E-state index is -3.60. The van der Waals surface area contributed by atoms with Crippen LogP contribution in [0, 0.1) is 12.8 Å². The van der Waals surface area contributed by atoms with Gasteiger partial charge in [-0.2, -0.15) is 0 Å². The summed E-state index contributed by atoms with van der Waals surface area (Å²) in [6.07, 6.45) is 0. The van der Waals surface area contributed by atoms with Gasteiger partial charge in [-0.15, -0.1) is 0 Å². The lowest BCUT2D eigenvalue weighted by Crippen LogP contribution is -2.34. The van der Waals surface area contributed by atoms with Crippen molar-refractivity contribution in [1.82, 2.24) is 4.72 Å². The Labute approximate surface area is 102 Å². The summed E-state index contributed by atoms with van der Waals surface area (Å²) < 4.78 is 25.4. The first-order valence-electron chi connectivity index (χ1n) is 5.40. The summed E-state index contributed by atoms with van der Waals surface area (Å²) in [5.74, 6) is -0.993. The molecule has 5 heteroatoms. The van der Waals surface area contributed by atoms with Crippen LogP contribution >= 0.6 is 0 Å². The molecule has 0 unspecified atom stereocenters. The minimum Gasteiger partial charge on any atom is -0.274 e. The SMILES string of the molecule is Cc1cccc(CS(=O)(=O)NC(=O)C(C)C)c1. The predicted octanol–water partition coefficient (Wildman–Crippen LogP) is 1.60. The minimum absolute atomic E-state index is 0.173. The zero-order chi connectivity index (χ0) is 13.1. The topological polar surface area (TPSA) is 63.2 Å². The van der Waals surface area contributed by atoms with Crippen LogP contribution in [0.2, 0.25) is 0 Å². The smallest absolute Gasteiger partial charge is 0.239 e. The maximum absolute atomic E-state index is 11.7. The van der Waals surface area contributed by atoms with Gasteiger partial charge in [0.1, 0.15) is 0 Å². The fourth-order valence-corrected chi connectivity index (χ4v) is 2.56. The molecule has 1 aromatic rings. The van der Waals surface area contributed by atoms with Gasteiger partial charge in [-0.1, -0.05) is 43.7 Å². The molecule has 0 atom stereocenters. The van der Waals surface area contributed by atoms with Gasteiger partial charge < -0.3 is 0 Å². The highest BCUT2D eigenvalue weighted by Crippen LogP contribution is 2.08. The monoisotopic (exact) mass is 255 g/mol. The van der Waals surface area contributed by atoms with E-state index in [1.165, 1.54) is 0 Å². The Kier molecular flexibility index (Phi) is 4.28. The number of benzene rings is 1. The van der Waals surface area contributed by atoms with Crippen molar-refractivity contribution >= 4 is 15.9 Å². The summed E-state index contributed by atoms with van der Waals surface area (Å²) in [6.45, 7) is 5.19. The van der Waals surface area contributed by atoms with Crippen LogP contribution in [0.15, 0.2) is 24.3 Å². The van der Waals surface area contributed by atoms with Gasteiger partial charge in [0.25, 0.3) is 0 Å². The summed E-state index contributed by atoms with van der Waals surface area (Å²) in [5, 5.41) is 0. The molecule has 0 aliphatic rings. The molecular weight excluding hydrogens is 238 g/mol. The van der Waals surface area contributed by atoms with E-state index in [-0.39, 0.29) is 11.7 Å². The van der Waals surface area contributed by atoms with Gasteiger partial charge in [-0.05, 0) is 12.5 Å². The number of rotatable bonds is 4. The highest BCUT2D eigenvalue weighted by molar-refractivity contribution is 7.89. The second-order valence-electron chi connectivity index (χ2n) is 4.37. The van der Waals surface area contributed by atoms with E-state index in [1.54, 1.807) is 32.0 Å². The van der Waals surface area contributed by atoms with E-state index in [2.05, 4.69) is 4.72 Å². The van der Waals surface area contributed by atoms with Crippen molar-refractivity contribution in [3.05, 3.63) is 35.4 Å². The van der Waals surface area contributed by atoms with Crippen LogP contribution in [0.5, 0.6) is 0 Å². The second kappa shape index (κ2) is 5.31. The molecule has 4 nitrogen and oxygen atoms in total. The Morgan fingerprint density at radius 2 is 2.00 bits per heavy atom. The van der Waals surface area contributed by atoms with Crippen LogP contribution < -0.4 is 4.72 Å². The van der Waals surface area contributed by atoms with Gasteiger partial charge in [0.15, 0.2) is 0 Å². The van der Waals surface area contributed by atoms with E-state index >= 15 is 0 Å². The van der Waals surface area contributed by atoms with Gasteiger partial charge >= 0.3 is 0 Å². The number of carbonyl (C=O) groups is 1. The Bertz CT molecular complexity index is 506. The lowest BCUT2D eigenvalue weighted by atomic mass is 10.2. The van der Waals surface area contributed by atoms with Crippen molar-refractivity contribution in [3.8, 4) is 0 Å². The van der Waals surface area contributed by atoms with Gasteiger partial charge in [0, 0.05) is 5.92 Å². The molecule has 0 saturated carbocycles. The molecule has 17 heavy (non-hydrogen) atoms. The van der Waals surface area contributed by atoms with Gasteiger partial charge in [-0.3, -0.25) is 9.52 Å². The second-order valence-corrected chi connectivity index (χ2v) is 6.09. The van der Waals surface area contributed by atoms with Crippen LogP contribution in [-0.4, -0.2) is 14.3 Å². The molecule has 1 rings (SSSR count). The summed E-state index contributed by atoms with van der Waals surface area (Å²) >= 11 is 0. The number of carbonyl (C=O) groups excluding carboxylic acids is 1. The van der Waals surface area contributed by atoms with Gasteiger partial charge in [-0.25, -0.2) is 8.42 Å². The third-order valence-electron chi connectivity index (χ3n) is 2.22. The van der Waals surface area contributed by atoms with E-state index in [9.17, 15) is 13.2 Å². The molecule has 0 bridgehead atoms. The quantitative estimate of drug-likeness (QED) is 0.888. The van der Waals surface area contributed by atoms with Crippen LogP contribution in [0.1, 0.15) is 25.0 Å². The lowest BCUT2D eigenvalue weighted by Gasteiger charge is -2.09. The summed E-state index contributed by atoms with van der Waals surface area (Å²) in [4.78, 5) is 11.3. The molecule has 94 valence electrons. The Morgan fingerprint density at radius 1 is 1.35 bits per heavy atom. The molecule has 0 fully saturated rings. The van der Waals surface area contributed by atoms with E-state index in [0.717, 1.165) is 5.56 Å².